The number of aromatic nitrogens is 4. The van der Waals surface area contributed by atoms with Gasteiger partial charge in [0.25, 0.3) is 0 Å². The number of nitrogens with zero attached hydrogens (tertiary/aromatic N) is 4. The van der Waals surface area contributed by atoms with Gasteiger partial charge >= 0.3 is 0 Å². The Balaban J connectivity index is 1.88. The van der Waals surface area contributed by atoms with Crippen LogP contribution in [0.3, 0.4) is 0 Å². The van der Waals surface area contributed by atoms with Crippen LogP contribution in [0.4, 0.5) is 0 Å². The summed E-state index contributed by atoms with van der Waals surface area (Å²) in [5.41, 5.74) is 4.69. The molecule has 0 aliphatic carbocycles. The zero-order valence-corrected chi connectivity index (χ0v) is 15.5. The van der Waals surface area contributed by atoms with E-state index in [1.165, 1.54) is 0 Å². The molecular formula is C21H12Cl2N4. The summed E-state index contributed by atoms with van der Waals surface area (Å²) in [6, 6.07) is 22.9. The Morgan fingerprint density at radius 1 is 0.667 bits per heavy atom. The fourth-order valence-corrected chi connectivity index (χ4v) is 3.43. The van der Waals surface area contributed by atoms with E-state index < -0.39 is 0 Å². The van der Waals surface area contributed by atoms with E-state index in [2.05, 4.69) is 0 Å². The highest BCUT2D eigenvalue weighted by Crippen LogP contribution is 2.30. The van der Waals surface area contributed by atoms with Crippen LogP contribution in [0, 0.1) is 0 Å². The number of hydrogen-bond donors (Lipinski definition) is 0. The molecule has 0 aliphatic rings. The SMILES string of the molecule is Clc1ccc(-n2c(-c3cccc(Cl)c3)nc3nc4ccccc4nc32)cc1. The number of imidazole rings is 1. The first kappa shape index (κ1) is 16.2. The van der Waals surface area contributed by atoms with Crippen LogP contribution in [0.25, 0.3) is 39.4 Å². The van der Waals surface area contributed by atoms with Crippen molar-refractivity contribution in [3.8, 4) is 17.1 Å². The molecule has 2 heterocycles. The van der Waals surface area contributed by atoms with Crippen molar-refractivity contribution in [1.29, 1.82) is 0 Å². The topological polar surface area (TPSA) is 43.6 Å². The molecule has 0 radical (unpaired) electrons. The molecule has 4 nitrogen and oxygen atoms in total. The molecule has 6 heteroatoms. The smallest absolute Gasteiger partial charge is 0.199 e. The van der Waals surface area contributed by atoms with Crippen LogP contribution in [-0.2, 0) is 0 Å². The maximum absolute atomic E-state index is 6.21. The molecule has 0 N–H and O–H groups in total. The highest BCUT2D eigenvalue weighted by atomic mass is 35.5. The van der Waals surface area contributed by atoms with Crippen LogP contribution in [0.1, 0.15) is 0 Å². The molecule has 3 aromatic carbocycles. The summed E-state index contributed by atoms with van der Waals surface area (Å²) >= 11 is 12.3. The van der Waals surface area contributed by atoms with Crippen molar-refractivity contribution in [3.05, 3.63) is 82.8 Å². The molecule has 0 spiro atoms. The van der Waals surface area contributed by atoms with Crippen LogP contribution in [-0.4, -0.2) is 19.5 Å². The molecular weight excluding hydrogens is 379 g/mol. The van der Waals surface area contributed by atoms with Gasteiger partial charge in [0, 0.05) is 21.3 Å². The van der Waals surface area contributed by atoms with Crippen molar-refractivity contribution in [1.82, 2.24) is 19.5 Å². The minimum atomic E-state index is 0.582. The maximum atomic E-state index is 6.21. The highest BCUT2D eigenvalue weighted by Gasteiger charge is 2.17. The lowest BCUT2D eigenvalue weighted by Gasteiger charge is -2.09. The number of halogens is 2. The summed E-state index contributed by atoms with van der Waals surface area (Å²) < 4.78 is 1.98. The molecule has 0 aliphatic heterocycles. The Hall–Kier alpha value is -2.95. The summed E-state index contributed by atoms with van der Waals surface area (Å²) in [7, 11) is 0. The summed E-state index contributed by atoms with van der Waals surface area (Å²) in [4.78, 5) is 14.3. The van der Waals surface area contributed by atoms with Crippen molar-refractivity contribution >= 4 is 45.5 Å². The Kier molecular flexibility index (Phi) is 3.81. The monoisotopic (exact) mass is 390 g/mol. The number of benzene rings is 3. The fraction of sp³-hybridized carbons (Fsp3) is 0. The molecule has 0 fully saturated rings. The lowest BCUT2D eigenvalue weighted by atomic mass is 10.2. The van der Waals surface area contributed by atoms with Crippen LogP contribution < -0.4 is 0 Å². The zero-order valence-electron chi connectivity index (χ0n) is 14.0. The Morgan fingerprint density at radius 3 is 2.15 bits per heavy atom. The molecule has 27 heavy (non-hydrogen) atoms. The molecule has 0 unspecified atom stereocenters. The first-order chi connectivity index (χ1) is 13.2. The lowest BCUT2D eigenvalue weighted by Crippen LogP contribution is -1.99. The predicted molar refractivity (Wildman–Crippen MR) is 110 cm³/mol. The van der Waals surface area contributed by atoms with E-state index in [0.29, 0.717) is 21.3 Å². The predicted octanol–water partition coefficient (Wildman–Crippen LogP) is 5.94. The molecule has 5 rings (SSSR count). The Morgan fingerprint density at radius 2 is 1.41 bits per heavy atom. The van der Waals surface area contributed by atoms with E-state index in [0.717, 1.165) is 28.1 Å². The van der Waals surface area contributed by atoms with E-state index in [4.69, 9.17) is 38.2 Å². The average molecular weight is 391 g/mol. The minimum Gasteiger partial charge on any atom is -0.275 e. The third kappa shape index (κ3) is 2.83. The van der Waals surface area contributed by atoms with Gasteiger partial charge in [-0.15, -0.1) is 0 Å². The van der Waals surface area contributed by atoms with E-state index in [1.54, 1.807) is 0 Å². The van der Waals surface area contributed by atoms with Gasteiger partial charge < -0.3 is 0 Å². The van der Waals surface area contributed by atoms with Gasteiger partial charge in [-0.3, -0.25) is 4.57 Å². The van der Waals surface area contributed by atoms with Crippen LogP contribution in [0.15, 0.2) is 72.8 Å². The van der Waals surface area contributed by atoms with Gasteiger partial charge in [-0.2, -0.15) is 0 Å². The van der Waals surface area contributed by atoms with Crippen molar-refractivity contribution in [2.24, 2.45) is 0 Å². The van der Waals surface area contributed by atoms with Crippen molar-refractivity contribution in [3.63, 3.8) is 0 Å². The van der Waals surface area contributed by atoms with Crippen LogP contribution in [0.2, 0.25) is 10.0 Å². The number of rotatable bonds is 2. The van der Waals surface area contributed by atoms with Crippen LogP contribution >= 0.6 is 23.2 Å². The molecule has 0 atom stereocenters. The van der Waals surface area contributed by atoms with E-state index in [-0.39, 0.29) is 0 Å². The van der Waals surface area contributed by atoms with Crippen molar-refractivity contribution in [2.45, 2.75) is 0 Å². The number of fused-ring (bicyclic) bond motifs is 2. The quantitative estimate of drug-likeness (QED) is 0.374. The molecule has 5 aromatic rings. The van der Waals surface area contributed by atoms with E-state index >= 15 is 0 Å². The number of hydrogen-bond acceptors (Lipinski definition) is 3. The summed E-state index contributed by atoms with van der Waals surface area (Å²) in [5, 5.41) is 1.32. The largest absolute Gasteiger partial charge is 0.275 e. The molecule has 0 bridgehead atoms. The summed E-state index contributed by atoms with van der Waals surface area (Å²) in [5.74, 6) is 0.727. The van der Waals surface area contributed by atoms with Crippen molar-refractivity contribution in [2.75, 3.05) is 0 Å². The first-order valence-corrected chi connectivity index (χ1v) is 9.12. The number of para-hydroxylation sites is 2. The third-order valence-corrected chi connectivity index (χ3v) is 4.82. The average Bonchev–Trinajstić information content (AvgIpc) is 3.05. The van der Waals surface area contributed by atoms with Gasteiger partial charge in [-0.25, -0.2) is 15.0 Å². The molecule has 0 saturated heterocycles. The standard InChI is InChI=1S/C21H12Cl2N4/c22-14-8-10-16(11-9-14)27-20(13-4-3-5-15(23)12-13)26-19-21(27)25-18-7-2-1-6-17(18)24-19/h1-12H. The first-order valence-electron chi connectivity index (χ1n) is 8.36. The van der Waals surface area contributed by atoms with E-state index in [1.807, 2.05) is 77.4 Å². The molecule has 0 amide bonds. The highest BCUT2D eigenvalue weighted by molar-refractivity contribution is 6.31. The molecule has 2 aromatic heterocycles. The van der Waals surface area contributed by atoms with Gasteiger partial charge in [0.05, 0.1) is 11.0 Å². The molecule has 130 valence electrons. The third-order valence-electron chi connectivity index (χ3n) is 4.34. The van der Waals surface area contributed by atoms with Crippen LogP contribution in [0.5, 0.6) is 0 Å². The minimum absolute atomic E-state index is 0.582. The second-order valence-electron chi connectivity index (χ2n) is 6.12. The second kappa shape index (κ2) is 6.34. The van der Waals surface area contributed by atoms with E-state index in [9.17, 15) is 0 Å². The fourth-order valence-electron chi connectivity index (χ4n) is 3.11. The zero-order chi connectivity index (χ0) is 18.4. The van der Waals surface area contributed by atoms with Gasteiger partial charge in [0.15, 0.2) is 11.3 Å². The summed E-state index contributed by atoms with van der Waals surface area (Å²) in [6.45, 7) is 0. The Labute approximate surface area is 165 Å². The summed E-state index contributed by atoms with van der Waals surface area (Å²) in [6.07, 6.45) is 0. The lowest BCUT2D eigenvalue weighted by molar-refractivity contribution is 1.08. The van der Waals surface area contributed by atoms with Gasteiger partial charge in [-0.1, -0.05) is 47.5 Å². The van der Waals surface area contributed by atoms with Gasteiger partial charge in [0.2, 0.25) is 0 Å². The second-order valence-corrected chi connectivity index (χ2v) is 6.99. The van der Waals surface area contributed by atoms with Crippen molar-refractivity contribution < 1.29 is 0 Å². The normalized spacial score (nSPS) is 11.3. The maximum Gasteiger partial charge on any atom is 0.199 e. The van der Waals surface area contributed by atoms with Gasteiger partial charge in [-0.05, 0) is 48.5 Å². The Bertz CT molecular complexity index is 1290. The molecule has 0 saturated carbocycles. The van der Waals surface area contributed by atoms with Gasteiger partial charge in [0.1, 0.15) is 5.82 Å².